The minimum absolute atomic E-state index is 0.289. The van der Waals surface area contributed by atoms with Crippen molar-refractivity contribution in [3.05, 3.63) is 27.2 Å². The van der Waals surface area contributed by atoms with Crippen LogP contribution in [0.3, 0.4) is 0 Å². The van der Waals surface area contributed by atoms with Gasteiger partial charge in [-0.2, -0.15) is 0 Å². The van der Waals surface area contributed by atoms with Gasteiger partial charge in [-0.25, -0.2) is 4.79 Å². The van der Waals surface area contributed by atoms with E-state index in [0.717, 1.165) is 48.4 Å². The third kappa shape index (κ3) is 1.77. The summed E-state index contributed by atoms with van der Waals surface area (Å²) in [6.45, 7) is 10.2. The number of aryl methyl sites for hydroxylation is 3. The van der Waals surface area contributed by atoms with Crippen molar-refractivity contribution >= 4 is 16.8 Å². The molecule has 0 spiro atoms. The number of hydrogen-bond donors (Lipinski definition) is 1. The lowest BCUT2D eigenvalue weighted by Crippen LogP contribution is -2.44. The van der Waals surface area contributed by atoms with Gasteiger partial charge < -0.3 is 14.6 Å². The van der Waals surface area contributed by atoms with E-state index >= 15 is 0 Å². The van der Waals surface area contributed by atoms with Crippen LogP contribution in [0, 0.1) is 20.8 Å². The van der Waals surface area contributed by atoms with Crippen LogP contribution in [0.25, 0.3) is 11.1 Å². The first-order chi connectivity index (χ1) is 9.52. The maximum absolute atomic E-state index is 11.8. The molecule has 3 rings (SSSR count). The van der Waals surface area contributed by atoms with Crippen molar-refractivity contribution in [3.8, 4) is 0 Å². The van der Waals surface area contributed by atoms with E-state index in [1.165, 1.54) is 11.3 Å². The Morgan fingerprint density at radius 1 is 1.05 bits per heavy atom. The molecule has 1 aromatic carbocycles. The second kappa shape index (κ2) is 4.66. The summed E-state index contributed by atoms with van der Waals surface area (Å²) in [6, 6.07) is 0. The molecule has 1 aromatic heterocycles. The summed E-state index contributed by atoms with van der Waals surface area (Å²) >= 11 is 0. The predicted molar refractivity (Wildman–Crippen MR) is 80.7 cm³/mol. The van der Waals surface area contributed by atoms with Gasteiger partial charge in [0, 0.05) is 44.5 Å². The van der Waals surface area contributed by atoms with Crippen LogP contribution in [0.4, 0.5) is 5.69 Å². The van der Waals surface area contributed by atoms with E-state index < -0.39 is 0 Å². The lowest BCUT2D eigenvalue weighted by atomic mass is 10.00. The summed E-state index contributed by atoms with van der Waals surface area (Å²) in [6.07, 6.45) is 0. The fraction of sp³-hybridized carbons (Fsp3) is 0.533. The van der Waals surface area contributed by atoms with Crippen molar-refractivity contribution in [2.24, 2.45) is 7.05 Å². The molecule has 108 valence electrons. The number of piperazine rings is 1. The maximum Gasteiger partial charge on any atom is 0.419 e. The quantitative estimate of drug-likeness (QED) is 0.856. The maximum atomic E-state index is 11.8. The Hall–Kier alpha value is -1.75. The summed E-state index contributed by atoms with van der Waals surface area (Å²) in [5.74, 6) is -0.289. The molecule has 0 saturated carbocycles. The number of anilines is 1. The fourth-order valence-corrected chi connectivity index (χ4v) is 3.23. The van der Waals surface area contributed by atoms with Crippen molar-refractivity contribution in [1.82, 2.24) is 9.88 Å². The topological polar surface area (TPSA) is 50.4 Å². The van der Waals surface area contributed by atoms with E-state index in [-0.39, 0.29) is 5.76 Å². The molecule has 0 unspecified atom stereocenters. The molecule has 2 heterocycles. The van der Waals surface area contributed by atoms with Crippen LogP contribution in [0.15, 0.2) is 9.21 Å². The van der Waals surface area contributed by atoms with Gasteiger partial charge in [-0.15, -0.1) is 0 Å². The Kier molecular flexibility index (Phi) is 3.09. The van der Waals surface area contributed by atoms with Crippen LogP contribution in [0.2, 0.25) is 0 Å². The molecule has 1 aliphatic heterocycles. The van der Waals surface area contributed by atoms with Crippen LogP contribution in [0.5, 0.6) is 0 Å². The first-order valence-electron chi connectivity index (χ1n) is 7.07. The second-order valence-corrected chi connectivity index (χ2v) is 5.57. The summed E-state index contributed by atoms with van der Waals surface area (Å²) < 4.78 is 7.07. The SMILES string of the molecule is Cc1c(N2CCNCC2)c(C)c2oc(=O)n(C)c2c1C. The molecule has 0 aliphatic carbocycles. The van der Waals surface area contributed by atoms with E-state index in [9.17, 15) is 4.79 Å². The molecule has 1 N–H and O–H groups in total. The Morgan fingerprint density at radius 2 is 1.70 bits per heavy atom. The lowest BCUT2D eigenvalue weighted by molar-refractivity contribution is 0.526. The first-order valence-corrected chi connectivity index (χ1v) is 7.07. The van der Waals surface area contributed by atoms with Gasteiger partial charge in [0.1, 0.15) is 0 Å². The molecule has 0 bridgehead atoms. The van der Waals surface area contributed by atoms with Crippen molar-refractivity contribution < 1.29 is 4.42 Å². The number of aromatic nitrogens is 1. The Morgan fingerprint density at radius 3 is 2.35 bits per heavy atom. The van der Waals surface area contributed by atoms with Crippen molar-refractivity contribution in [3.63, 3.8) is 0 Å². The van der Waals surface area contributed by atoms with Gasteiger partial charge in [0.25, 0.3) is 0 Å². The fourth-order valence-electron chi connectivity index (χ4n) is 3.23. The van der Waals surface area contributed by atoms with E-state index in [2.05, 4.69) is 31.0 Å². The highest BCUT2D eigenvalue weighted by atomic mass is 16.4. The van der Waals surface area contributed by atoms with Crippen molar-refractivity contribution in [1.29, 1.82) is 0 Å². The molecule has 1 saturated heterocycles. The number of nitrogens with one attached hydrogen (secondary N) is 1. The van der Waals surface area contributed by atoms with Gasteiger partial charge in [-0.3, -0.25) is 4.57 Å². The molecule has 2 aromatic rings. The van der Waals surface area contributed by atoms with Crippen LogP contribution in [-0.2, 0) is 7.05 Å². The number of oxazole rings is 1. The van der Waals surface area contributed by atoms with Gasteiger partial charge in [0.15, 0.2) is 5.58 Å². The normalized spacial score (nSPS) is 16.1. The zero-order chi connectivity index (χ0) is 14.4. The smallest absolute Gasteiger partial charge is 0.407 e. The number of nitrogens with zero attached hydrogens (tertiary/aromatic N) is 2. The highest BCUT2D eigenvalue weighted by Crippen LogP contribution is 2.35. The van der Waals surface area contributed by atoms with Gasteiger partial charge in [0.05, 0.1) is 5.52 Å². The molecule has 5 heteroatoms. The minimum Gasteiger partial charge on any atom is -0.407 e. The average molecular weight is 275 g/mol. The van der Waals surface area contributed by atoms with E-state index in [1.807, 2.05) is 0 Å². The molecule has 1 fully saturated rings. The number of benzene rings is 1. The average Bonchev–Trinajstić information content (AvgIpc) is 2.75. The molecule has 0 radical (unpaired) electrons. The Balaban J connectivity index is 2.30. The zero-order valence-electron chi connectivity index (χ0n) is 12.5. The summed E-state index contributed by atoms with van der Waals surface area (Å²) in [5.41, 5.74) is 6.33. The predicted octanol–water partition coefficient (Wildman–Crippen LogP) is 1.47. The molecule has 0 atom stereocenters. The summed E-state index contributed by atoms with van der Waals surface area (Å²) in [4.78, 5) is 14.2. The second-order valence-electron chi connectivity index (χ2n) is 5.57. The minimum atomic E-state index is -0.289. The third-order valence-electron chi connectivity index (χ3n) is 4.42. The standard InChI is InChI=1S/C15H21N3O2/c1-9-10(2)13-14(20-15(19)17(13)4)11(3)12(9)18-7-5-16-6-8-18/h16H,5-8H2,1-4H3. The van der Waals surface area contributed by atoms with Crippen LogP contribution >= 0.6 is 0 Å². The summed E-state index contributed by atoms with van der Waals surface area (Å²) in [7, 11) is 1.77. The molecule has 5 nitrogen and oxygen atoms in total. The highest BCUT2D eigenvalue weighted by molar-refractivity contribution is 5.88. The Labute approximate surface area is 118 Å². The van der Waals surface area contributed by atoms with Crippen LogP contribution in [-0.4, -0.2) is 30.7 Å². The van der Waals surface area contributed by atoms with E-state index in [4.69, 9.17) is 4.42 Å². The van der Waals surface area contributed by atoms with Crippen LogP contribution in [0.1, 0.15) is 16.7 Å². The summed E-state index contributed by atoms with van der Waals surface area (Å²) in [5, 5.41) is 3.37. The molecule has 20 heavy (non-hydrogen) atoms. The van der Waals surface area contributed by atoms with Crippen molar-refractivity contribution in [2.45, 2.75) is 20.8 Å². The lowest BCUT2D eigenvalue weighted by Gasteiger charge is -2.32. The van der Waals surface area contributed by atoms with Crippen molar-refractivity contribution in [2.75, 3.05) is 31.1 Å². The van der Waals surface area contributed by atoms with E-state index in [1.54, 1.807) is 11.6 Å². The van der Waals surface area contributed by atoms with Crippen LogP contribution < -0.4 is 16.0 Å². The highest BCUT2D eigenvalue weighted by Gasteiger charge is 2.22. The number of rotatable bonds is 1. The zero-order valence-corrected chi connectivity index (χ0v) is 12.5. The van der Waals surface area contributed by atoms with Gasteiger partial charge in [-0.1, -0.05) is 0 Å². The van der Waals surface area contributed by atoms with Gasteiger partial charge in [-0.05, 0) is 31.9 Å². The first kappa shape index (κ1) is 13.2. The number of hydrogen-bond acceptors (Lipinski definition) is 4. The monoisotopic (exact) mass is 275 g/mol. The third-order valence-corrected chi connectivity index (χ3v) is 4.42. The molecular weight excluding hydrogens is 254 g/mol. The molecule has 0 amide bonds. The number of fused-ring (bicyclic) bond motifs is 1. The molecular formula is C15H21N3O2. The Bertz CT molecular complexity index is 721. The van der Waals surface area contributed by atoms with E-state index in [0.29, 0.717) is 0 Å². The van der Waals surface area contributed by atoms with Gasteiger partial charge in [0.2, 0.25) is 0 Å². The van der Waals surface area contributed by atoms with Gasteiger partial charge >= 0.3 is 5.76 Å². The largest absolute Gasteiger partial charge is 0.419 e. The molecule has 1 aliphatic rings.